The van der Waals surface area contributed by atoms with Crippen LogP contribution in [0.5, 0.6) is 0 Å². The topological polar surface area (TPSA) is 55.3 Å². The molecule has 3 heterocycles. The van der Waals surface area contributed by atoms with Gasteiger partial charge in [0.2, 0.25) is 0 Å². The fourth-order valence-electron chi connectivity index (χ4n) is 4.60. The lowest BCUT2D eigenvalue weighted by atomic mass is 9.99. The molecule has 0 radical (unpaired) electrons. The van der Waals surface area contributed by atoms with Crippen molar-refractivity contribution in [2.24, 2.45) is 7.05 Å². The SMILES string of the molecule is Cn1cncc1-c1c(-c2ccc(Cl)cc2)nc2cc(-c3cccc(Cl)c3)c3cc(CO)ccc3n12. The van der Waals surface area contributed by atoms with Crippen LogP contribution in [-0.4, -0.2) is 24.0 Å². The molecule has 0 spiro atoms. The molecule has 35 heavy (non-hydrogen) atoms. The number of aryl methyl sites for hydroxylation is 1. The largest absolute Gasteiger partial charge is 0.392 e. The van der Waals surface area contributed by atoms with Crippen LogP contribution < -0.4 is 0 Å². The summed E-state index contributed by atoms with van der Waals surface area (Å²) in [7, 11) is 1.97. The van der Waals surface area contributed by atoms with Crippen LogP contribution in [0.3, 0.4) is 0 Å². The average Bonchev–Trinajstić information content (AvgIpc) is 3.46. The van der Waals surface area contributed by atoms with Crippen molar-refractivity contribution in [2.45, 2.75) is 6.61 Å². The Labute approximate surface area is 211 Å². The lowest BCUT2D eigenvalue weighted by Gasteiger charge is -2.14. The van der Waals surface area contributed by atoms with E-state index in [0.29, 0.717) is 10.0 Å². The number of pyridine rings is 1. The van der Waals surface area contributed by atoms with Gasteiger partial charge in [-0.05, 0) is 59.2 Å². The van der Waals surface area contributed by atoms with E-state index in [1.165, 1.54) is 0 Å². The van der Waals surface area contributed by atoms with E-state index in [-0.39, 0.29) is 6.61 Å². The van der Waals surface area contributed by atoms with Gasteiger partial charge in [0.25, 0.3) is 0 Å². The van der Waals surface area contributed by atoms with Crippen LogP contribution in [0.2, 0.25) is 10.0 Å². The van der Waals surface area contributed by atoms with Gasteiger partial charge in [-0.25, -0.2) is 9.97 Å². The molecule has 0 aliphatic heterocycles. The van der Waals surface area contributed by atoms with Crippen molar-refractivity contribution in [3.63, 3.8) is 0 Å². The van der Waals surface area contributed by atoms with Gasteiger partial charge in [0.05, 0.1) is 41.7 Å². The van der Waals surface area contributed by atoms with Gasteiger partial charge in [0.15, 0.2) is 0 Å². The summed E-state index contributed by atoms with van der Waals surface area (Å²) in [5.74, 6) is 0. The van der Waals surface area contributed by atoms with Crippen molar-refractivity contribution in [1.29, 1.82) is 0 Å². The number of aliphatic hydroxyl groups is 1. The summed E-state index contributed by atoms with van der Waals surface area (Å²) in [6.07, 6.45) is 3.63. The summed E-state index contributed by atoms with van der Waals surface area (Å²) in [6.45, 7) is -0.0441. The third kappa shape index (κ3) is 3.69. The zero-order valence-corrected chi connectivity index (χ0v) is 20.3. The van der Waals surface area contributed by atoms with E-state index in [1.807, 2.05) is 84.5 Å². The molecule has 0 amide bonds. The quantitative estimate of drug-likeness (QED) is 0.284. The van der Waals surface area contributed by atoms with Crippen molar-refractivity contribution >= 4 is 39.8 Å². The molecule has 0 fully saturated rings. The van der Waals surface area contributed by atoms with Gasteiger partial charge in [0, 0.05) is 28.0 Å². The third-order valence-electron chi connectivity index (χ3n) is 6.26. The Morgan fingerprint density at radius 3 is 2.43 bits per heavy atom. The first-order valence-electron chi connectivity index (χ1n) is 11.1. The molecular formula is C28H20Cl2N4O. The molecule has 172 valence electrons. The van der Waals surface area contributed by atoms with E-state index >= 15 is 0 Å². The van der Waals surface area contributed by atoms with E-state index in [1.54, 1.807) is 6.33 Å². The number of fused-ring (bicyclic) bond motifs is 3. The number of rotatable bonds is 4. The van der Waals surface area contributed by atoms with Crippen molar-refractivity contribution in [3.8, 4) is 33.8 Å². The van der Waals surface area contributed by atoms with Gasteiger partial charge in [-0.1, -0.05) is 53.5 Å². The summed E-state index contributed by atoms with van der Waals surface area (Å²) in [6, 6.07) is 23.6. The van der Waals surface area contributed by atoms with Gasteiger partial charge in [-0.15, -0.1) is 0 Å². The summed E-state index contributed by atoms with van der Waals surface area (Å²) in [5.41, 5.74) is 8.24. The van der Waals surface area contributed by atoms with Crippen molar-refractivity contribution in [3.05, 3.63) is 101 Å². The number of nitrogens with zero attached hydrogens (tertiary/aromatic N) is 4. The molecule has 1 N–H and O–H groups in total. The molecule has 0 aliphatic carbocycles. The van der Waals surface area contributed by atoms with Crippen molar-refractivity contribution in [2.75, 3.05) is 0 Å². The van der Waals surface area contributed by atoms with Crippen LogP contribution >= 0.6 is 23.2 Å². The highest BCUT2D eigenvalue weighted by Crippen LogP contribution is 2.39. The smallest absolute Gasteiger partial charge is 0.139 e. The predicted molar refractivity (Wildman–Crippen MR) is 142 cm³/mol. The van der Waals surface area contributed by atoms with E-state index in [9.17, 15) is 5.11 Å². The fourth-order valence-corrected chi connectivity index (χ4v) is 4.92. The monoisotopic (exact) mass is 498 g/mol. The van der Waals surface area contributed by atoms with E-state index in [2.05, 4.69) is 15.5 Å². The first kappa shape index (κ1) is 21.9. The molecule has 0 unspecified atom stereocenters. The van der Waals surface area contributed by atoms with Crippen LogP contribution in [0.4, 0.5) is 0 Å². The Morgan fingerprint density at radius 2 is 1.71 bits per heavy atom. The summed E-state index contributed by atoms with van der Waals surface area (Å²) in [4.78, 5) is 9.48. The average molecular weight is 499 g/mol. The third-order valence-corrected chi connectivity index (χ3v) is 6.75. The van der Waals surface area contributed by atoms with E-state index < -0.39 is 0 Å². The maximum absolute atomic E-state index is 9.87. The summed E-state index contributed by atoms with van der Waals surface area (Å²) >= 11 is 12.5. The molecule has 0 saturated heterocycles. The molecule has 0 bridgehead atoms. The molecular weight excluding hydrogens is 479 g/mol. The molecule has 3 aromatic carbocycles. The summed E-state index contributed by atoms with van der Waals surface area (Å²) in [5, 5.41) is 12.2. The molecule has 0 aliphatic rings. The molecule has 6 aromatic rings. The molecule has 0 atom stereocenters. The molecule has 0 saturated carbocycles. The summed E-state index contributed by atoms with van der Waals surface area (Å²) < 4.78 is 4.15. The van der Waals surface area contributed by atoms with Gasteiger partial charge in [0.1, 0.15) is 5.65 Å². The first-order chi connectivity index (χ1) is 17.0. The minimum atomic E-state index is -0.0441. The second-order valence-corrected chi connectivity index (χ2v) is 9.35. The second kappa shape index (κ2) is 8.54. The van der Waals surface area contributed by atoms with Crippen LogP contribution in [0, 0.1) is 0 Å². The Bertz CT molecular complexity index is 1720. The molecule has 5 nitrogen and oxygen atoms in total. The highest BCUT2D eigenvalue weighted by molar-refractivity contribution is 6.31. The van der Waals surface area contributed by atoms with E-state index in [0.717, 1.165) is 55.9 Å². The fraction of sp³-hybridized carbons (Fsp3) is 0.0714. The Morgan fingerprint density at radius 1 is 0.886 bits per heavy atom. The van der Waals surface area contributed by atoms with Gasteiger partial charge >= 0.3 is 0 Å². The van der Waals surface area contributed by atoms with Gasteiger partial charge < -0.3 is 9.67 Å². The zero-order chi connectivity index (χ0) is 24.1. The maximum atomic E-state index is 9.87. The lowest BCUT2D eigenvalue weighted by molar-refractivity contribution is 0.282. The number of hydrogen-bond acceptors (Lipinski definition) is 3. The molecule has 6 rings (SSSR count). The Hall–Kier alpha value is -3.64. The predicted octanol–water partition coefficient (Wildman–Crippen LogP) is 7.02. The van der Waals surface area contributed by atoms with E-state index in [4.69, 9.17) is 28.2 Å². The number of hydrogen-bond donors (Lipinski definition) is 1. The molecule has 3 aromatic heterocycles. The normalized spacial score (nSPS) is 11.5. The number of halogens is 2. The molecule has 7 heteroatoms. The minimum absolute atomic E-state index is 0.0441. The number of imidazole rings is 2. The van der Waals surface area contributed by atoms with Gasteiger partial charge in [-0.2, -0.15) is 0 Å². The number of aromatic nitrogens is 4. The highest BCUT2D eigenvalue weighted by Gasteiger charge is 2.22. The van der Waals surface area contributed by atoms with Crippen LogP contribution in [-0.2, 0) is 13.7 Å². The lowest BCUT2D eigenvalue weighted by Crippen LogP contribution is -1.98. The number of benzene rings is 3. The van der Waals surface area contributed by atoms with Crippen LogP contribution in [0.25, 0.3) is 50.3 Å². The maximum Gasteiger partial charge on any atom is 0.139 e. The Kier molecular flexibility index (Phi) is 5.33. The number of aliphatic hydroxyl groups excluding tert-OH is 1. The van der Waals surface area contributed by atoms with Gasteiger partial charge in [-0.3, -0.25) is 4.40 Å². The van der Waals surface area contributed by atoms with Crippen molar-refractivity contribution < 1.29 is 5.11 Å². The van der Waals surface area contributed by atoms with Crippen LogP contribution in [0.1, 0.15) is 5.56 Å². The van der Waals surface area contributed by atoms with Crippen LogP contribution in [0.15, 0.2) is 85.3 Å². The van der Waals surface area contributed by atoms with Crippen molar-refractivity contribution in [1.82, 2.24) is 18.9 Å². The minimum Gasteiger partial charge on any atom is -0.392 e. The first-order valence-corrected chi connectivity index (χ1v) is 11.9. The highest BCUT2D eigenvalue weighted by atomic mass is 35.5. The Balaban J connectivity index is 1.78. The second-order valence-electron chi connectivity index (χ2n) is 8.48. The standard InChI is InChI=1S/C28H20Cl2N4O/c1-33-16-31-14-25(33)28-27(18-6-8-20(29)9-7-18)32-26-13-22(19-3-2-4-21(30)12-19)23-11-17(15-35)5-10-24(23)34(26)28/h2-14,16,35H,15H2,1H3. The zero-order valence-electron chi connectivity index (χ0n) is 18.8.